The molecule has 1 aromatic carbocycles. The van der Waals surface area contributed by atoms with Crippen LogP contribution in [0, 0.1) is 0 Å². The molecule has 0 bridgehead atoms. The first-order valence-corrected chi connectivity index (χ1v) is 8.68. The largest absolute Gasteiger partial charge is 0.354 e. The Balaban J connectivity index is 1.61. The molecule has 2 rings (SSSR count). The van der Waals surface area contributed by atoms with E-state index in [2.05, 4.69) is 22.8 Å². The SMILES string of the molecule is CC(CCc1ccccc1)NC(=O)CCNC(=O)c1cccs1. The van der Waals surface area contributed by atoms with Gasteiger partial charge in [-0.2, -0.15) is 0 Å². The average molecular weight is 330 g/mol. The molecule has 0 saturated heterocycles. The molecule has 2 aromatic rings. The number of thiophene rings is 1. The minimum absolute atomic E-state index is 0.0305. The minimum Gasteiger partial charge on any atom is -0.354 e. The standard InChI is InChI=1S/C18H22N2O2S/c1-14(9-10-15-6-3-2-4-7-15)20-17(21)11-12-19-18(22)16-8-5-13-23-16/h2-8,13-14H,9-12H2,1H3,(H,19,22)(H,20,21). The van der Waals surface area contributed by atoms with Crippen LogP contribution in [0.15, 0.2) is 47.8 Å². The van der Waals surface area contributed by atoms with Crippen LogP contribution in [0.25, 0.3) is 0 Å². The van der Waals surface area contributed by atoms with Gasteiger partial charge in [0, 0.05) is 19.0 Å². The lowest BCUT2D eigenvalue weighted by atomic mass is 10.1. The van der Waals surface area contributed by atoms with Crippen LogP contribution >= 0.6 is 11.3 Å². The Morgan fingerprint density at radius 1 is 1.13 bits per heavy atom. The van der Waals surface area contributed by atoms with Crippen molar-refractivity contribution in [2.75, 3.05) is 6.54 Å². The minimum atomic E-state index is -0.120. The van der Waals surface area contributed by atoms with E-state index in [-0.39, 0.29) is 17.9 Å². The molecule has 0 aliphatic carbocycles. The fourth-order valence-corrected chi connectivity index (χ4v) is 2.87. The summed E-state index contributed by atoms with van der Waals surface area (Å²) in [7, 11) is 0. The van der Waals surface area contributed by atoms with Gasteiger partial charge < -0.3 is 10.6 Å². The zero-order valence-electron chi connectivity index (χ0n) is 13.2. The lowest BCUT2D eigenvalue weighted by molar-refractivity contribution is -0.121. The molecule has 1 unspecified atom stereocenters. The highest BCUT2D eigenvalue weighted by Gasteiger charge is 2.09. The van der Waals surface area contributed by atoms with Crippen molar-refractivity contribution in [2.45, 2.75) is 32.2 Å². The van der Waals surface area contributed by atoms with Gasteiger partial charge in [-0.1, -0.05) is 36.4 Å². The van der Waals surface area contributed by atoms with E-state index in [1.807, 2.05) is 36.6 Å². The quantitative estimate of drug-likeness (QED) is 0.782. The molecule has 0 fully saturated rings. The average Bonchev–Trinajstić information content (AvgIpc) is 3.08. The third kappa shape index (κ3) is 6.24. The molecule has 0 spiro atoms. The van der Waals surface area contributed by atoms with Crippen LogP contribution in [0.1, 0.15) is 35.0 Å². The lowest BCUT2D eigenvalue weighted by Crippen LogP contribution is -2.35. The maximum atomic E-state index is 11.9. The normalized spacial score (nSPS) is 11.7. The second-order valence-corrected chi connectivity index (χ2v) is 6.42. The maximum Gasteiger partial charge on any atom is 0.261 e. The Labute approximate surface area is 140 Å². The summed E-state index contributed by atoms with van der Waals surface area (Å²) in [5.74, 6) is -0.151. The molecule has 0 radical (unpaired) electrons. The van der Waals surface area contributed by atoms with Gasteiger partial charge in [0.15, 0.2) is 0 Å². The molecule has 5 heteroatoms. The lowest BCUT2D eigenvalue weighted by Gasteiger charge is -2.14. The van der Waals surface area contributed by atoms with Crippen LogP contribution in [0.5, 0.6) is 0 Å². The monoisotopic (exact) mass is 330 g/mol. The van der Waals surface area contributed by atoms with Gasteiger partial charge in [-0.05, 0) is 36.8 Å². The summed E-state index contributed by atoms with van der Waals surface area (Å²) in [6.07, 6.45) is 2.14. The number of amides is 2. The Bertz CT molecular complexity index is 611. The van der Waals surface area contributed by atoms with Crippen molar-refractivity contribution < 1.29 is 9.59 Å². The Kier molecular flexibility index (Phi) is 6.81. The van der Waals surface area contributed by atoms with Gasteiger partial charge in [0.1, 0.15) is 0 Å². The Hall–Kier alpha value is -2.14. The fourth-order valence-electron chi connectivity index (χ4n) is 2.23. The molecule has 122 valence electrons. The summed E-state index contributed by atoms with van der Waals surface area (Å²) in [4.78, 5) is 24.3. The third-order valence-corrected chi connectivity index (χ3v) is 4.37. The second-order valence-electron chi connectivity index (χ2n) is 5.48. The van der Waals surface area contributed by atoms with Crippen LogP contribution in [-0.4, -0.2) is 24.4 Å². The van der Waals surface area contributed by atoms with Crippen molar-refractivity contribution in [3.63, 3.8) is 0 Å². The van der Waals surface area contributed by atoms with E-state index in [0.717, 1.165) is 12.8 Å². The predicted molar refractivity (Wildman–Crippen MR) is 93.6 cm³/mol. The molecule has 1 heterocycles. The summed E-state index contributed by atoms with van der Waals surface area (Å²) < 4.78 is 0. The van der Waals surface area contributed by atoms with Gasteiger partial charge in [0.2, 0.25) is 5.91 Å². The Morgan fingerprint density at radius 2 is 1.91 bits per heavy atom. The van der Waals surface area contributed by atoms with Gasteiger partial charge >= 0.3 is 0 Å². The zero-order chi connectivity index (χ0) is 16.5. The summed E-state index contributed by atoms with van der Waals surface area (Å²) in [6.45, 7) is 2.36. The van der Waals surface area contributed by atoms with E-state index >= 15 is 0 Å². The van der Waals surface area contributed by atoms with Gasteiger partial charge in [0.25, 0.3) is 5.91 Å². The summed E-state index contributed by atoms with van der Waals surface area (Å²) in [6, 6.07) is 14.0. The smallest absolute Gasteiger partial charge is 0.261 e. The third-order valence-electron chi connectivity index (χ3n) is 3.50. The van der Waals surface area contributed by atoms with Crippen LogP contribution in [0.3, 0.4) is 0 Å². The number of hydrogen-bond donors (Lipinski definition) is 2. The van der Waals surface area contributed by atoms with E-state index in [1.54, 1.807) is 6.07 Å². The highest BCUT2D eigenvalue weighted by Crippen LogP contribution is 2.07. The number of carbonyl (C=O) groups is 2. The first kappa shape index (κ1) is 17.2. The van der Waals surface area contributed by atoms with Crippen LogP contribution < -0.4 is 10.6 Å². The van der Waals surface area contributed by atoms with E-state index < -0.39 is 0 Å². The van der Waals surface area contributed by atoms with Crippen LogP contribution in [0.2, 0.25) is 0 Å². The van der Waals surface area contributed by atoms with Crippen LogP contribution in [-0.2, 0) is 11.2 Å². The van der Waals surface area contributed by atoms with Crippen molar-refractivity contribution in [2.24, 2.45) is 0 Å². The molecule has 2 amide bonds. The first-order chi connectivity index (χ1) is 11.1. The molecular weight excluding hydrogens is 308 g/mol. The molecular formula is C18H22N2O2S. The summed E-state index contributed by atoms with van der Waals surface area (Å²) in [5.41, 5.74) is 1.27. The van der Waals surface area contributed by atoms with Crippen molar-refractivity contribution >= 4 is 23.2 Å². The highest BCUT2D eigenvalue weighted by molar-refractivity contribution is 7.12. The second kappa shape index (κ2) is 9.10. The molecule has 1 aromatic heterocycles. The topological polar surface area (TPSA) is 58.2 Å². The van der Waals surface area contributed by atoms with Crippen molar-refractivity contribution in [3.8, 4) is 0 Å². The number of carbonyl (C=O) groups excluding carboxylic acids is 2. The predicted octanol–water partition coefficient (Wildman–Crippen LogP) is 3.01. The van der Waals surface area contributed by atoms with Crippen molar-refractivity contribution in [1.82, 2.24) is 10.6 Å². The maximum absolute atomic E-state index is 11.9. The summed E-state index contributed by atoms with van der Waals surface area (Å²) >= 11 is 1.39. The Morgan fingerprint density at radius 3 is 2.61 bits per heavy atom. The van der Waals surface area contributed by atoms with E-state index in [0.29, 0.717) is 17.8 Å². The number of benzene rings is 1. The van der Waals surface area contributed by atoms with Crippen molar-refractivity contribution in [3.05, 3.63) is 58.3 Å². The number of hydrogen-bond acceptors (Lipinski definition) is 3. The van der Waals surface area contributed by atoms with Gasteiger partial charge in [-0.3, -0.25) is 9.59 Å². The number of aryl methyl sites for hydroxylation is 1. The van der Waals surface area contributed by atoms with Gasteiger partial charge in [-0.15, -0.1) is 11.3 Å². The summed E-state index contributed by atoms with van der Waals surface area (Å²) in [5, 5.41) is 7.59. The first-order valence-electron chi connectivity index (χ1n) is 7.80. The number of rotatable bonds is 8. The van der Waals surface area contributed by atoms with Crippen LogP contribution in [0.4, 0.5) is 0 Å². The molecule has 23 heavy (non-hydrogen) atoms. The van der Waals surface area contributed by atoms with Gasteiger partial charge in [-0.25, -0.2) is 0 Å². The van der Waals surface area contributed by atoms with E-state index in [1.165, 1.54) is 16.9 Å². The number of nitrogens with one attached hydrogen (secondary N) is 2. The molecule has 0 saturated carbocycles. The van der Waals surface area contributed by atoms with Crippen molar-refractivity contribution in [1.29, 1.82) is 0 Å². The highest BCUT2D eigenvalue weighted by atomic mass is 32.1. The molecule has 1 atom stereocenters. The zero-order valence-corrected chi connectivity index (χ0v) is 14.1. The van der Waals surface area contributed by atoms with Gasteiger partial charge in [0.05, 0.1) is 4.88 Å². The molecule has 0 aliphatic heterocycles. The van der Waals surface area contributed by atoms with E-state index in [9.17, 15) is 9.59 Å². The fraction of sp³-hybridized carbons (Fsp3) is 0.333. The van der Waals surface area contributed by atoms with E-state index in [4.69, 9.17) is 0 Å². The molecule has 4 nitrogen and oxygen atoms in total. The molecule has 0 aliphatic rings. The molecule has 2 N–H and O–H groups in total.